The SMILES string of the molecule is CC(C)[C@H](NC(=O)Nc1ccccc1F)c1nc2ccccc2[nH]1. The average molecular weight is 326 g/mol. The van der Waals surface area contributed by atoms with E-state index in [4.69, 9.17) is 0 Å². The zero-order valence-corrected chi connectivity index (χ0v) is 13.5. The highest BCUT2D eigenvalue weighted by molar-refractivity contribution is 5.89. The van der Waals surface area contributed by atoms with Crippen molar-refractivity contribution in [1.29, 1.82) is 0 Å². The molecule has 24 heavy (non-hydrogen) atoms. The molecule has 0 aliphatic carbocycles. The Morgan fingerprint density at radius 2 is 1.83 bits per heavy atom. The molecule has 1 aromatic heterocycles. The maximum atomic E-state index is 13.6. The number of carbonyl (C=O) groups excluding carboxylic acids is 1. The number of imidazole rings is 1. The van der Waals surface area contributed by atoms with Gasteiger partial charge in [-0.1, -0.05) is 38.1 Å². The molecule has 3 aromatic rings. The molecule has 6 heteroatoms. The zero-order valence-electron chi connectivity index (χ0n) is 13.5. The van der Waals surface area contributed by atoms with Crippen LogP contribution in [0.2, 0.25) is 0 Å². The van der Waals surface area contributed by atoms with E-state index in [-0.39, 0.29) is 17.6 Å². The van der Waals surface area contributed by atoms with Crippen LogP contribution in [-0.4, -0.2) is 16.0 Å². The van der Waals surface area contributed by atoms with Crippen molar-refractivity contribution in [3.8, 4) is 0 Å². The third-order valence-electron chi connectivity index (χ3n) is 3.78. The molecular weight excluding hydrogens is 307 g/mol. The number of fused-ring (bicyclic) bond motifs is 1. The minimum atomic E-state index is -0.475. The Morgan fingerprint density at radius 1 is 1.12 bits per heavy atom. The number of amides is 2. The van der Waals surface area contributed by atoms with Gasteiger partial charge in [0.2, 0.25) is 0 Å². The van der Waals surface area contributed by atoms with E-state index in [9.17, 15) is 9.18 Å². The zero-order chi connectivity index (χ0) is 17.1. The molecule has 0 fully saturated rings. The van der Waals surface area contributed by atoms with E-state index < -0.39 is 11.8 Å². The molecule has 2 aromatic carbocycles. The number of hydrogen-bond donors (Lipinski definition) is 3. The lowest BCUT2D eigenvalue weighted by atomic mass is 10.0. The van der Waals surface area contributed by atoms with Gasteiger partial charge < -0.3 is 15.6 Å². The summed E-state index contributed by atoms with van der Waals surface area (Å²) in [5, 5.41) is 5.39. The first-order valence-electron chi connectivity index (χ1n) is 7.81. The number of rotatable bonds is 4. The van der Waals surface area contributed by atoms with Gasteiger partial charge in [-0.25, -0.2) is 14.2 Å². The number of hydrogen-bond acceptors (Lipinski definition) is 2. The largest absolute Gasteiger partial charge is 0.340 e. The van der Waals surface area contributed by atoms with E-state index in [0.717, 1.165) is 11.0 Å². The van der Waals surface area contributed by atoms with E-state index in [2.05, 4.69) is 20.6 Å². The van der Waals surface area contributed by atoms with Crippen LogP contribution in [0.4, 0.5) is 14.9 Å². The minimum Gasteiger partial charge on any atom is -0.340 e. The highest BCUT2D eigenvalue weighted by Gasteiger charge is 2.22. The molecule has 1 atom stereocenters. The summed E-state index contributed by atoms with van der Waals surface area (Å²) in [5.74, 6) is 0.310. The summed E-state index contributed by atoms with van der Waals surface area (Å²) in [4.78, 5) is 20.0. The summed E-state index contributed by atoms with van der Waals surface area (Å²) in [6.45, 7) is 3.97. The molecule has 0 aliphatic rings. The number of benzene rings is 2. The Morgan fingerprint density at radius 3 is 2.54 bits per heavy atom. The van der Waals surface area contributed by atoms with Crippen LogP contribution in [0.1, 0.15) is 25.7 Å². The lowest BCUT2D eigenvalue weighted by molar-refractivity contribution is 0.244. The van der Waals surface area contributed by atoms with Crippen LogP contribution in [0.15, 0.2) is 48.5 Å². The number of halogens is 1. The number of carbonyl (C=O) groups is 1. The van der Waals surface area contributed by atoms with Crippen LogP contribution in [-0.2, 0) is 0 Å². The molecule has 0 aliphatic heterocycles. The molecule has 1 heterocycles. The minimum absolute atomic E-state index is 0.108. The number of nitrogens with one attached hydrogen (secondary N) is 3. The fraction of sp³-hybridized carbons (Fsp3) is 0.222. The molecule has 3 N–H and O–H groups in total. The highest BCUT2D eigenvalue weighted by atomic mass is 19.1. The first-order valence-corrected chi connectivity index (χ1v) is 7.81. The van der Waals surface area contributed by atoms with Crippen LogP contribution < -0.4 is 10.6 Å². The maximum Gasteiger partial charge on any atom is 0.319 e. The van der Waals surface area contributed by atoms with Crippen LogP contribution >= 0.6 is 0 Å². The fourth-order valence-electron chi connectivity index (χ4n) is 2.53. The molecule has 0 radical (unpaired) electrons. The summed E-state index contributed by atoms with van der Waals surface area (Å²) in [6.07, 6.45) is 0. The van der Waals surface area contributed by atoms with Gasteiger partial charge in [-0.05, 0) is 30.2 Å². The van der Waals surface area contributed by atoms with Crippen molar-refractivity contribution in [3.05, 3.63) is 60.2 Å². The molecule has 2 amide bonds. The van der Waals surface area contributed by atoms with Gasteiger partial charge >= 0.3 is 6.03 Å². The van der Waals surface area contributed by atoms with E-state index >= 15 is 0 Å². The number of para-hydroxylation sites is 3. The molecule has 3 rings (SSSR count). The Bertz CT molecular complexity index is 826. The maximum absolute atomic E-state index is 13.6. The van der Waals surface area contributed by atoms with Crippen LogP contribution in [0.3, 0.4) is 0 Å². The topological polar surface area (TPSA) is 69.8 Å². The third kappa shape index (κ3) is 3.37. The Kier molecular flexibility index (Phi) is 4.46. The van der Waals surface area contributed by atoms with Crippen molar-refractivity contribution < 1.29 is 9.18 Å². The number of anilines is 1. The second kappa shape index (κ2) is 6.70. The van der Waals surface area contributed by atoms with Gasteiger partial charge in [0.05, 0.1) is 22.8 Å². The monoisotopic (exact) mass is 326 g/mol. The summed E-state index contributed by atoms with van der Waals surface area (Å²) in [5.41, 5.74) is 1.89. The quantitative estimate of drug-likeness (QED) is 0.672. The van der Waals surface area contributed by atoms with Gasteiger partial charge in [0, 0.05) is 0 Å². The van der Waals surface area contributed by atoms with E-state index in [0.29, 0.717) is 5.82 Å². The predicted molar refractivity (Wildman–Crippen MR) is 92.2 cm³/mol. The van der Waals surface area contributed by atoms with Gasteiger partial charge in [-0.3, -0.25) is 0 Å². The molecular formula is C18H19FN4O. The lowest BCUT2D eigenvalue weighted by Gasteiger charge is -2.20. The molecule has 0 saturated carbocycles. The van der Waals surface area contributed by atoms with Crippen LogP contribution in [0, 0.1) is 11.7 Å². The standard InChI is InChI=1S/C18H19FN4O/c1-11(2)16(17-20-14-9-5-6-10-15(14)21-17)23-18(24)22-13-8-4-3-7-12(13)19/h3-11,16H,1-2H3,(H,20,21)(H2,22,23,24)/t16-/m0/s1. The van der Waals surface area contributed by atoms with E-state index in [1.165, 1.54) is 12.1 Å². The average Bonchev–Trinajstić information content (AvgIpc) is 2.98. The fourth-order valence-corrected chi connectivity index (χ4v) is 2.53. The third-order valence-corrected chi connectivity index (χ3v) is 3.78. The van der Waals surface area contributed by atoms with Crippen molar-refractivity contribution in [2.24, 2.45) is 5.92 Å². The first-order chi connectivity index (χ1) is 11.5. The van der Waals surface area contributed by atoms with E-state index in [1.807, 2.05) is 38.1 Å². The second-order valence-corrected chi connectivity index (χ2v) is 5.94. The van der Waals surface area contributed by atoms with Gasteiger partial charge in [0.25, 0.3) is 0 Å². The highest BCUT2D eigenvalue weighted by Crippen LogP contribution is 2.22. The Labute approximate surface area is 139 Å². The first kappa shape index (κ1) is 16.0. The summed E-state index contributed by atoms with van der Waals surface area (Å²) in [6, 6.07) is 12.9. The van der Waals surface area contributed by atoms with E-state index in [1.54, 1.807) is 12.1 Å². The molecule has 5 nitrogen and oxygen atoms in total. The predicted octanol–water partition coefficient (Wildman–Crippen LogP) is 4.22. The lowest BCUT2D eigenvalue weighted by Crippen LogP contribution is -2.35. The summed E-state index contributed by atoms with van der Waals surface area (Å²) >= 11 is 0. The number of urea groups is 1. The molecule has 0 bridgehead atoms. The second-order valence-electron chi connectivity index (χ2n) is 5.94. The van der Waals surface area contributed by atoms with Gasteiger partial charge in [0.15, 0.2) is 0 Å². The van der Waals surface area contributed by atoms with Crippen molar-refractivity contribution in [2.75, 3.05) is 5.32 Å². The molecule has 0 unspecified atom stereocenters. The smallest absolute Gasteiger partial charge is 0.319 e. The van der Waals surface area contributed by atoms with Crippen molar-refractivity contribution in [1.82, 2.24) is 15.3 Å². The Hall–Kier alpha value is -2.89. The summed E-state index contributed by atoms with van der Waals surface area (Å²) < 4.78 is 13.6. The van der Waals surface area contributed by atoms with Crippen molar-refractivity contribution in [2.45, 2.75) is 19.9 Å². The number of aromatic amines is 1. The van der Waals surface area contributed by atoms with Crippen LogP contribution in [0.5, 0.6) is 0 Å². The van der Waals surface area contributed by atoms with Gasteiger partial charge in [-0.2, -0.15) is 0 Å². The number of nitrogens with zero attached hydrogens (tertiary/aromatic N) is 1. The number of aromatic nitrogens is 2. The van der Waals surface area contributed by atoms with Crippen LogP contribution in [0.25, 0.3) is 11.0 Å². The van der Waals surface area contributed by atoms with Gasteiger partial charge in [0.1, 0.15) is 11.6 Å². The molecule has 0 spiro atoms. The summed E-state index contributed by atoms with van der Waals surface area (Å²) in [7, 11) is 0. The van der Waals surface area contributed by atoms with Gasteiger partial charge in [-0.15, -0.1) is 0 Å². The number of H-pyrrole nitrogens is 1. The van der Waals surface area contributed by atoms with Crippen molar-refractivity contribution in [3.63, 3.8) is 0 Å². The Balaban J connectivity index is 1.79. The molecule has 0 saturated heterocycles. The molecule has 124 valence electrons. The van der Waals surface area contributed by atoms with Crippen molar-refractivity contribution >= 4 is 22.8 Å². The normalized spacial score (nSPS) is 12.3.